The van der Waals surface area contributed by atoms with Crippen LogP contribution in [0.2, 0.25) is 0 Å². The van der Waals surface area contributed by atoms with Crippen molar-refractivity contribution in [3.63, 3.8) is 0 Å². The molecule has 0 aliphatic rings. The van der Waals surface area contributed by atoms with E-state index in [1.807, 2.05) is 0 Å². The van der Waals surface area contributed by atoms with Gasteiger partial charge in [-0.3, -0.25) is 4.68 Å². The van der Waals surface area contributed by atoms with Crippen LogP contribution in [0.4, 0.5) is 8.78 Å². The molecule has 1 heterocycles. The Morgan fingerprint density at radius 3 is 2.71 bits per heavy atom. The van der Waals surface area contributed by atoms with E-state index in [0.29, 0.717) is 5.69 Å². The Kier molecular flexibility index (Phi) is 3.19. The van der Waals surface area contributed by atoms with Crippen LogP contribution in [-0.2, 0) is 13.5 Å². The standard InChI is InChI=1S/C12H12F2N2O/c1-16-5-4-11(15-16)12(17)6-8-2-3-9(13)7-10(8)14/h2-5,7,12,17H,6H2,1H3. The minimum atomic E-state index is -0.892. The minimum absolute atomic E-state index is 0.0725. The van der Waals surface area contributed by atoms with Crippen LogP contribution in [0, 0.1) is 11.6 Å². The van der Waals surface area contributed by atoms with E-state index in [1.165, 1.54) is 12.1 Å². The molecule has 3 nitrogen and oxygen atoms in total. The van der Waals surface area contributed by atoms with Gasteiger partial charge in [0.05, 0.1) is 5.69 Å². The molecule has 1 atom stereocenters. The van der Waals surface area contributed by atoms with Gasteiger partial charge < -0.3 is 5.11 Å². The summed E-state index contributed by atoms with van der Waals surface area (Å²) in [6.07, 6.45) is 0.874. The van der Waals surface area contributed by atoms with E-state index in [1.54, 1.807) is 24.0 Å². The molecule has 0 aliphatic carbocycles. The smallest absolute Gasteiger partial charge is 0.129 e. The SMILES string of the molecule is Cn1ccc(C(O)Cc2ccc(F)cc2F)n1. The molecule has 2 rings (SSSR count). The van der Waals surface area contributed by atoms with Crippen molar-refractivity contribution < 1.29 is 13.9 Å². The second-order valence-electron chi connectivity index (χ2n) is 3.87. The van der Waals surface area contributed by atoms with Gasteiger partial charge in [-0.25, -0.2) is 8.78 Å². The summed E-state index contributed by atoms with van der Waals surface area (Å²) in [5.41, 5.74) is 0.737. The normalized spacial score (nSPS) is 12.7. The molecule has 0 radical (unpaired) electrons. The van der Waals surface area contributed by atoms with Crippen LogP contribution >= 0.6 is 0 Å². The molecule has 0 amide bonds. The molecule has 0 spiro atoms. The number of halogens is 2. The van der Waals surface area contributed by atoms with E-state index in [4.69, 9.17) is 0 Å². The fourth-order valence-corrected chi connectivity index (χ4v) is 1.61. The number of hydrogen-bond acceptors (Lipinski definition) is 2. The molecule has 0 saturated carbocycles. The highest BCUT2D eigenvalue weighted by Gasteiger charge is 2.14. The minimum Gasteiger partial charge on any atom is -0.386 e. The highest BCUT2D eigenvalue weighted by Crippen LogP contribution is 2.19. The van der Waals surface area contributed by atoms with Gasteiger partial charge in [0, 0.05) is 25.7 Å². The molecule has 1 aromatic carbocycles. The van der Waals surface area contributed by atoms with Crippen molar-refractivity contribution in [2.75, 3.05) is 0 Å². The topological polar surface area (TPSA) is 38.0 Å². The number of aliphatic hydroxyl groups is 1. The van der Waals surface area contributed by atoms with Crippen LogP contribution in [0.3, 0.4) is 0 Å². The van der Waals surface area contributed by atoms with Crippen molar-refractivity contribution >= 4 is 0 Å². The summed E-state index contributed by atoms with van der Waals surface area (Å²) in [6, 6.07) is 4.97. The fraction of sp³-hybridized carbons (Fsp3) is 0.250. The first kappa shape index (κ1) is 11.7. The van der Waals surface area contributed by atoms with E-state index in [0.717, 1.165) is 6.07 Å². The maximum Gasteiger partial charge on any atom is 0.129 e. The lowest BCUT2D eigenvalue weighted by Crippen LogP contribution is -2.05. The van der Waals surface area contributed by atoms with Gasteiger partial charge in [-0.2, -0.15) is 5.10 Å². The maximum absolute atomic E-state index is 13.4. The first-order chi connectivity index (χ1) is 8.06. The summed E-state index contributed by atoms with van der Waals surface area (Å²) in [7, 11) is 1.73. The zero-order valence-corrected chi connectivity index (χ0v) is 9.27. The number of aliphatic hydroxyl groups excluding tert-OH is 1. The van der Waals surface area contributed by atoms with Gasteiger partial charge in [-0.05, 0) is 17.7 Å². The Morgan fingerprint density at radius 2 is 2.12 bits per heavy atom. The molecular weight excluding hydrogens is 226 g/mol. The van der Waals surface area contributed by atoms with Crippen molar-refractivity contribution in [2.24, 2.45) is 7.05 Å². The maximum atomic E-state index is 13.4. The average molecular weight is 238 g/mol. The van der Waals surface area contributed by atoms with Crippen molar-refractivity contribution in [3.8, 4) is 0 Å². The highest BCUT2D eigenvalue weighted by atomic mass is 19.1. The van der Waals surface area contributed by atoms with Crippen molar-refractivity contribution in [3.05, 3.63) is 53.4 Å². The van der Waals surface area contributed by atoms with Crippen LogP contribution in [0.5, 0.6) is 0 Å². The third kappa shape index (κ3) is 2.68. The lowest BCUT2D eigenvalue weighted by atomic mass is 10.1. The van der Waals surface area contributed by atoms with Crippen LogP contribution in [-0.4, -0.2) is 14.9 Å². The fourth-order valence-electron chi connectivity index (χ4n) is 1.61. The van der Waals surface area contributed by atoms with Crippen molar-refractivity contribution in [2.45, 2.75) is 12.5 Å². The largest absolute Gasteiger partial charge is 0.386 e. The van der Waals surface area contributed by atoms with Gasteiger partial charge >= 0.3 is 0 Å². The number of aryl methyl sites for hydroxylation is 1. The van der Waals surface area contributed by atoms with E-state index < -0.39 is 17.7 Å². The van der Waals surface area contributed by atoms with E-state index in [2.05, 4.69) is 5.10 Å². The second-order valence-corrected chi connectivity index (χ2v) is 3.87. The van der Waals surface area contributed by atoms with Gasteiger partial charge in [0.1, 0.15) is 17.7 Å². The van der Waals surface area contributed by atoms with E-state index in [9.17, 15) is 13.9 Å². The predicted molar refractivity (Wildman–Crippen MR) is 58.2 cm³/mol. The Morgan fingerprint density at radius 1 is 1.35 bits per heavy atom. The molecular formula is C12H12F2N2O. The average Bonchev–Trinajstić information content (AvgIpc) is 2.69. The molecule has 1 N–H and O–H groups in total. The lowest BCUT2D eigenvalue weighted by molar-refractivity contribution is 0.171. The number of rotatable bonds is 3. The summed E-state index contributed by atoms with van der Waals surface area (Å²) < 4.78 is 27.6. The molecule has 5 heteroatoms. The Balaban J connectivity index is 2.15. The Hall–Kier alpha value is -1.75. The lowest BCUT2D eigenvalue weighted by Gasteiger charge is -2.08. The van der Waals surface area contributed by atoms with Crippen molar-refractivity contribution in [1.82, 2.24) is 9.78 Å². The summed E-state index contributed by atoms with van der Waals surface area (Å²) in [6.45, 7) is 0. The number of benzene rings is 1. The molecule has 1 unspecified atom stereocenters. The number of nitrogens with zero attached hydrogens (tertiary/aromatic N) is 2. The molecule has 1 aromatic heterocycles. The van der Waals surface area contributed by atoms with Crippen molar-refractivity contribution in [1.29, 1.82) is 0 Å². The predicted octanol–water partition coefficient (Wildman–Crippen LogP) is 1.97. The van der Waals surface area contributed by atoms with Gasteiger partial charge in [-0.1, -0.05) is 6.07 Å². The van der Waals surface area contributed by atoms with Gasteiger partial charge in [-0.15, -0.1) is 0 Å². The monoisotopic (exact) mass is 238 g/mol. The summed E-state index contributed by atoms with van der Waals surface area (Å²) >= 11 is 0. The van der Waals surface area contributed by atoms with Gasteiger partial charge in [0.25, 0.3) is 0 Å². The van der Waals surface area contributed by atoms with E-state index >= 15 is 0 Å². The number of hydrogen-bond donors (Lipinski definition) is 1. The Bertz CT molecular complexity index is 525. The molecule has 0 fully saturated rings. The van der Waals surface area contributed by atoms with Gasteiger partial charge in [0.15, 0.2) is 0 Å². The van der Waals surface area contributed by atoms with Gasteiger partial charge in [0.2, 0.25) is 0 Å². The van der Waals surface area contributed by atoms with E-state index in [-0.39, 0.29) is 12.0 Å². The molecule has 0 saturated heterocycles. The first-order valence-electron chi connectivity index (χ1n) is 5.18. The molecule has 2 aromatic rings. The molecule has 0 bridgehead atoms. The molecule has 90 valence electrons. The quantitative estimate of drug-likeness (QED) is 0.887. The zero-order valence-electron chi connectivity index (χ0n) is 9.27. The van der Waals surface area contributed by atoms with Crippen LogP contribution < -0.4 is 0 Å². The molecule has 0 aliphatic heterocycles. The number of aromatic nitrogens is 2. The second kappa shape index (κ2) is 4.63. The summed E-state index contributed by atoms with van der Waals surface area (Å²) in [5, 5.41) is 13.9. The van der Waals surface area contributed by atoms with Crippen LogP contribution in [0.15, 0.2) is 30.5 Å². The van der Waals surface area contributed by atoms with Crippen LogP contribution in [0.25, 0.3) is 0 Å². The summed E-state index contributed by atoms with van der Waals surface area (Å²) in [5.74, 6) is -1.28. The third-order valence-corrected chi connectivity index (χ3v) is 2.50. The Labute approximate surface area is 97.3 Å². The summed E-state index contributed by atoms with van der Waals surface area (Å²) in [4.78, 5) is 0. The highest BCUT2D eigenvalue weighted by molar-refractivity contribution is 5.20. The first-order valence-corrected chi connectivity index (χ1v) is 5.18. The zero-order chi connectivity index (χ0) is 12.4. The third-order valence-electron chi connectivity index (χ3n) is 2.50. The van der Waals surface area contributed by atoms with Crippen LogP contribution in [0.1, 0.15) is 17.4 Å². The molecule has 17 heavy (non-hydrogen) atoms.